The summed E-state index contributed by atoms with van der Waals surface area (Å²) < 4.78 is 3.03. The van der Waals surface area contributed by atoms with Crippen molar-refractivity contribution in [2.75, 3.05) is 32.5 Å². The van der Waals surface area contributed by atoms with Gasteiger partial charge >= 0.3 is 0 Å². The summed E-state index contributed by atoms with van der Waals surface area (Å²) in [5.74, 6) is 1.01. The second kappa shape index (κ2) is 8.48. The van der Waals surface area contributed by atoms with Crippen molar-refractivity contribution in [3.63, 3.8) is 0 Å². The highest BCUT2D eigenvalue weighted by atomic mass is 32.1. The molecule has 1 aliphatic heterocycles. The molecule has 8 nitrogen and oxygen atoms in total. The minimum absolute atomic E-state index is 0.118. The first-order chi connectivity index (χ1) is 15.5. The van der Waals surface area contributed by atoms with E-state index in [1.165, 1.54) is 0 Å². The normalized spacial score (nSPS) is 15.5. The summed E-state index contributed by atoms with van der Waals surface area (Å²) in [5.41, 5.74) is 4.69. The molecule has 1 aliphatic rings. The van der Waals surface area contributed by atoms with Crippen LogP contribution in [0.15, 0.2) is 30.6 Å². The lowest BCUT2D eigenvalue weighted by molar-refractivity contribution is -0.126. The van der Waals surface area contributed by atoms with Crippen molar-refractivity contribution >= 4 is 44.4 Å². The number of likely N-dealkylation sites (tertiary alicyclic amines) is 1. The van der Waals surface area contributed by atoms with Crippen LogP contribution in [0, 0.1) is 5.92 Å². The van der Waals surface area contributed by atoms with E-state index in [1.54, 1.807) is 17.7 Å². The summed E-state index contributed by atoms with van der Waals surface area (Å²) in [6.45, 7) is 2.49. The van der Waals surface area contributed by atoms with Crippen LogP contribution < -0.4 is 10.6 Å². The topological polar surface area (TPSA) is 88.0 Å². The maximum Gasteiger partial charge on any atom is 0.223 e. The van der Waals surface area contributed by atoms with Gasteiger partial charge in [-0.3, -0.25) is 4.79 Å². The van der Waals surface area contributed by atoms with E-state index >= 15 is 0 Å². The van der Waals surface area contributed by atoms with Crippen LogP contribution in [0.2, 0.25) is 0 Å². The van der Waals surface area contributed by atoms with E-state index in [9.17, 15) is 4.79 Å². The molecule has 166 valence electrons. The Morgan fingerprint density at radius 1 is 1.22 bits per heavy atom. The number of imidazole rings is 1. The molecule has 32 heavy (non-hydrogen) atoms. The molecular formula is C23H27N7OS. The van der Waals surface area contributed by atoms with Crippen molar-refractivity contribution in [3.8, 4) is 10.6 Å². The zero-order valence-corrected chi connectivity index (χ0v) is 19.4. The maximum atomic E-state index is 12.6. The second-order valence-electron chi connectivity index (χ2n) is 8.43. The van der Waals surface area contributed by atoms with E-state index in [0.717, 1.165) is 63.6 Å². The Morgan fingerprint density at radius 2 is 2.03 bits per heavy atom. The molecule has 9 heteroatoms. The standard InChI is InChI=1S/C23H27N7OS/c1-24-20-17-18(30(3)13-26-17)19-21(27-20)28-23(32-19)16-6-4-5-14(11-16)12-25-22(31)15-7-9-29(2)10-8-15/h4-6,11,13,15H,7-10,12H2,1-3H3,(H,24,27)(H,25,31). The summed E-state index contributed by atoms with van der Waals surface area (Å²) >= 11 is 1.62. The smallest absolute Gasteiger partial charge is 0.223 e. The van der Waals surface area contributed by atoms with E-state index in [-0.39, 0.29) is 11.8 Å². The fourth-order valence-electron chi connectivity index (χ4n) is 4.29. The first kappa shape index (κ1) is 20.8. The maximum absolute atomic E-state index is 12.6. The number of aryl methyl sites for hydroxylation is 1. The second-order valence-corrected chi connectivity index (χ2v) is 9.43. The highest BCUT2D eigenvalue weighted by Gasteiger charge is 2.23. The molecule has 0 atom stereocenters. The fourth-order valence-corrected chi connectivity index (χ4v) is 5.38. The van der Waals surface area contributed by atoms with Gasteiger partial charge in [0.1, 0.15) is 15.2 Å². The van der Waals surface area contributed by atoms with Crippen LogP contribution in [0.1, 0.15) is 18.4 Å². The highest BCUT2D eigenvalue weighted by Crippen LogP contribution is 2.36. The minimum atomic E-state index is 0.118. The van der Waals surface area contributed by atoms with Gasteiger partial charge in [-0.15, -0.1) is 11.3 Å². The van der Waals surface area contributed by atoms with Crippen molar-refractivity contribution in [3.05, 3.63) is 36.2 Å². The van der Waals surface area contributed by atoms with Crippen molar-refractivity contribution in [2.24, 2.45) is 13.0 Å². The summed E-state index contributed by atoms with van der Waals surface area (Å²) in [6.07, 6.45) is 3.66. The number of nitrogens with zero attached hydrogens (tertiary/aromatic N) is 5. The third-order valence-electron chi connectivity index (χ3n) is 6.17. The van der Waals surface area contributed by atoms with Crippen LogP contribution >= 0.6 is 11.3 Å². The Morgan fingerprint density at radius 3 is 2.81 bits per heavy atom. The lowest BCUT2D eigenvalue weighted by atomic mass is 9.96. The molecule has 0 unspecified atom stereocenters. The molecule has 0 bridgehead atoms. The number of anilines is 1. The van der Waals surface area contributed by atoms with Gasteiger partial charge in [-0.1, -0.05) is 18.2 Å². The number of pyridine rings is 1. The van der Waals surface area contributed by atoms with Crippen LogP contribution in [-0.2, 0) is 18.4 Å². The number of carbonyl (C=O) groups excluding carboxylic acids is 1. The summed E-state index contributed by atoms with van der Waals surface area (Å²) in [7, 11) is 5.94. The summed E-state index contributed by atoms with van der Waals surface area (Å²) in [5, 5.41) is 7.16. The molecule has 0 spiro atoms. The van der Waals surface area contributed by atoms with Crippen LogP contribution in [-0.4, -0.2) is 57.5 Å². The Bertz CT molecular complexity index is 1290. The van der Waals surface area contributed by atoms with Crippen molar-refractivity contribution in [1.82, 2.24) is 29.7 Å². The lowest BCUT2D eigenvalue weighted by Gasteiger charge is -2.28. The molecule has 1 amide bonds. The molecule has 1 fully saturated rings. The number of hydrogen-bond donors (Lipinski definition) is 2. The number of hydrogen-bond acceptors (Lipinski definition) is 7. The van der Waals surface area contributed by atoms with Gasteiger partial charge in [0.15, 0.2) is 11.5 Å². The van der Waals surface area contributed by atoms with Gasteiger partial charge in [0.25, 0.3) is 0 Å². The predicted molar refractivity (Wildman–Crippen MR) is 129 cm³/mol. The van der Waals surface area contributed by atoms with E-state index in [4.69, 9.17) is 4.98 Å². The molecule has 1 aromatic carbocycles. The van der Waals surface area contributed by atoms with Gasteiger partial charge in [0, 0.05) is 32.1 Å². The number of rotatable bonds is 5. The van der Waals surface area contributed by atoms with Crippen LogP contribution in [0.5, 0.6) is 0 Å². The molecule has 5 rings (SSSR count). The lowest BCUT2D eigenvalue weighted by Crippen LogP contribution is -2.38. The number of amides is 1. The van der Waals surface area contributed by atoms with Gasteiger partial charge < -0.3 is 20.1 Å². The van der Waals surface area contributed by atoms with Crippen molar-refractivity contribution in [2.45, 2.75) is 19.4 Å². The Labute approximate surface area is 190 Å². The molecule has 0 radical (unpaired) electrons. The number of carbonyl (C=O) groups is 1. The van der Waals surface area contributed by atoms with Gasteiger partial charge in [-0.2, -0.15) is 0 Å². The van der Waals surface area contributed by atoms with Gasteiger partial charge in [0.2, 0.25) is 5.91 Å². The zero-order chi connectivity index (χ0) is 22.2. The minimum Gasteiger partial charge on any atom is -0.371 e. The van der Waals surface area contributed by atoms with Crippen LogP contribution in [0.4, 0.5) is 5.82 Å². The molecule has 2 N–H and O–H groups in total. The first-order valence-electron chi connectivity index (χ1n) is 10.9. The molecule has 0 aliphatic carbocycles. The molecule has 1 saturated heterocycles. The van der Waals surface area contributed by atoms with E-state index < -0.39 is 0 Å². The van der Waals surface area contributed by atoms with Gasteiger partial charge in [0.05, 0.1) is 11.8 Å². The van der Waals surface area contributed by atoms with E-state index in [0.29, 0.717) is 12.2 Å². The zero-order valence-electron chi connectivity index (χ0n) is 18.6. The average Bonchev–Trinajstić information content (AvgIpc) is 3.41. The van der Waals surface area contributed by atoms with Gasteiger partial charge in [-0.05, 0) is 44.6 Å². The quantitative estimate of drug-likeness (QED) is 0.486. The highest BCUT2D eigenvalue weighted by molar-refractivity contribution is 7.22. The number of benzene rings is 1. The number of nitrogens with one attached hydrogen (secondary N) is 2. The summed E-state index contributed by atoms with van der Waals surface area (Å²) in [6, 6.07) is 8.22. The fraction of sp³-hybridized carbons (Fsp3) is 0.391. The Hall–Kier alpha value is -3.04. The van der Waals surface area contributed by atoms with Crippen LogP contribution in [0.3, 0.4) is 0 Å². The Kier molecular flexibility index (Phi) is 5.52. The number of fused-ring (bicyclic) bond motifs is 3. The van der Waals surface area contributed by atoms with E-state index in [2.05, 4.69) is 44.7 Å². The monoisotopic (exact) mass is 449 g/mol. The third-order valence-corrected chi connectivity index (χ3v) is 7.27. The number of piperidine rings is 1. The largest absolute Gasteiger partial charge is 0.371 e. The Balaban J connectivity index is 1.39. The van der Waals surface area contributed by atoms with Crippen LogP contribution in [0.25, 0.3) is 32.0 Å². The number of thiazole rings is 1. The van der Waals surface area contributed by atoms with E-state index in [1.807, 2.05) is 30.8 Å². The molecule has 3 aromatic heterocycles. The molecule has 0 saturated carbocycles. The van der Waals surface area contributed by atoms with Crippen molar-refractivity contribution < 1.29 is 4.79 Å². The third kappa shape index (κ3) is 3.82. The molecule has 4 aromatic rings. The number of aromatic nitrogens is 4. The first-order valence-corrected chi connectivity index (χ1v) is 11.7. The molecular weight excluding hydrogens is 422 g/mol. The molecule has 4 heterocycles. The van der Waals surface area contributed by atoms with Crippen molar-refractivity contribution in [1.29, 1.82) is 0 Å². The average molecular weight is 450 g/mol. The van der Waals surface area contributed by atoms with Gasteiger partial charge in [-0.25, -0.2) is 15.0 Å². The predicted octanol–water partition coefficient (Wildman–Crippen LogP) is 3.24. The summed E-state index contributed by atoms with van der Waals surface area (Å²) in [4.78, 5) is 28.8. The SMILES string of the molecule is CNc1nc2nc(-c3cccc(CNC(=O)C4CCN(C)CC4)c3)sc2c2c1ncn2C.